The van der Waals surface area contributed by atoms with Gasteiger partial charge in [-0.15, -0.1) is 12.0 Å². The van der Waals surface area contributed by atoms with Crippen LogP contribution in [0.2, 0.25) is 0 Å². The molecule has 4 nitrogen and oxygen atoms in total. The Balaban J connectivity index is 3.96. The summed E-state index contributed by atoms with van der Waals surface area (Å²) in [6.45, 7) is 2.48. The molecule has 0 aliphatic rings. The molecule has 12 heavy (non-hydrogen) atoms. The lowest BCUT2D eigenvalue weighted by molar-refractivity contribution is -0.171. The summed E-state index contributed by atoms with van der Waals surface area (Å²) >= 11 is 0. The van der Waals surface area contributed by atoms with Gasteiger partial charge >= 0.3 is 11.9 Å². The van der Waals surface area contributed by atoms with Gasteiger partial charge in [0, 0.05) is 13.8 Å². The van der Waals surface area contributed by atoms with Crippen LogP contribution in [0.25, 0.3) is 0 Å². The number of terminal acetylenes is 1. The average molecular weight is 186 g/mol. The molecule has 0 amide bonds. The van der Waals surface area contributed by atoms with E-state index in [0.717, 1.165) is 0 Å². The highest BCUT2D eigenvalue weighted by molar-refractivity contribution is 6.47. The van der Waals surface area contributed by atoms with E-state index in [0.29, 0.717) is 0 Å². The number of rotatable bonds is 3. The van der Waals surface area contributed by atoms with Gasteiger partial charge in [-0.1, -0.05) is 0 Å². The Hall–Kier alpha value is -1.28. The normalized spacial score (nSPS) is 9.83. The van der Waals surface area contributed by atoms with Gasteiger partial charge in [0.2, 0.25) is 15.4 Å². The van der Waals surface area contributed by atoms with E-state index in [1.807, 2.05) is 0 Å². The first-order valence-electron chi connectivity index (χ1n) is 3.34. The van der Waals surface area contributed by atoms with Crippen LogP contribution in [0.15, 0.2) is 0 Å². The zero-order valence-electron chi connectivity index (χ0n) is 6.99. The molecule has 0 radical (unpaired) electrons. The summed E-state index contributed by atoms with van der Waals surface area (Å²) in [4.78, 5) is 20.9. The number of hydrogen-bond acceptors (Lipinski definition) is 4. The van der Waals surface area contributed by atoms with Gasteiger partial charge in [0.05, 0.1) is 0 Å². The summed E-state index contributed by atoms with van der Waals surface area (Å²) in [6.07, 6.45) is 5.01. The molecular weight excluding hydrogens is 176 g/mol. The van der Waals surface area contributed by atoms with Crippen LogP contribution in [0, 0.1) is 12.0 Å². The summed E-state index contributed by atoms with van der Waals surface area (Å²) in [5, 5.41) is 0. The van der Waals surface area contributed by atoms with Gasteiger partial charge in [-0.25, -0.2) is 0 Å². The highest BCUT2D eigenvalue weighted by Crippen LogP contribution is 1.93. The maximum absolute atomic E-state index is 10.5. The third-order valence-corrected chi connectivity index (χ3v) is 1.78. The number of ether oxygens (including phenoxy) is 2. The molecule has 0 aromatic heterocycles. The summed E-state index contributed by atoms with van der Waals surface area (Å²) in [7, 11) is -1.11. The SMILES string of the molecule is C#C[SiH2]C(OC(C)=O)OC(C)=O. The van der Waals surface area contributed by atoms with E-state index in [-0.39, 0.29) is 0 Å². The van der Waals surface area contributed by atoms with E-state index >= 15 is 0 Å². The highest BCUT2D eigenvalue weighted by atomic mass is 28.2. The predicted molar refractivity (Wildman–Crippen MR) is 44.7 cm³/mol. The van der Waals surface area contributed by atoms with Gasteiger partial charge in [0.15, 0.2) is 0 Å². The molecule has 0 bridgehead atoms. The Morgan fingerprint density at radius 3 is 2.00 bits per heavy atom. The monoisotopic (exact) mass is 186 g/mol. The fourth-order valence-electron chi connectivity index (χ4n) is 0.574. The molecule has 66 valence electrons. The quantitative estimate of drug-likeness (QED) is 0.249. The number of carbonyl (C=O) groups excluding carboxylic acids is 2. The fourth-order valence-corrected chi connectivity index (χ4v) is 1.40. The van der Waals surface area contributed by atoms with Crippen molar-refractivity contribution in [3.8, 4) is 12.0 Å². The van der Waals surface area contributed by atoms with E-state index in [1.165, 1.54) is 13.8 Å². The molecule has 0 fully saturated rings. The molecule has 0 aliphatic carbocycles. The van der Waals surface area contributed by atoms with Gasteiger partial charge in [-0.3, -0.25) is 9.59 Å². The van der Waals surface area contributed by atoms with Crippen LogP contribution >= 0.6 is 0 Å². The molecule has 0 heterocycles. The minimum Gasteiger partial charge on any atom is -0.429 e. The smallest absolute Gasteiger partial charge is 0.305 e. The van der Waals surface area contributed by atoms with Crippen molar-refractivity contribution in [1.29, 1.82) is 0 Å². The number of esters is 2. The van der Waals surface area contributed by atoms with Crippen molar-refractivity contribution < 1.29 is 19.1 Å². The van der Waals surface area contributed by atoms with Gasteiger partial charge in [0.25, 0.3) is 0 Å². The summed E-state index contributed by atoms with van der Waals surface area (Å²) in [6, 6.07) is 0. The first-order valence-corrected chi connectivity index (χ1v) is 4.86. The largest absolute Gasteiger partial charge is 0.429 e. The van der Waals surface area contributed by atoms with Crippen molar-refractivity contribution >= 4 is 21.5 Å². The molecule has 0 unspecified atom stereocenters. The third-order valence-electron chi connectivity index (χ3n) is 0.879. The molecule has 0 spiro atoms. The van der Waals surface area contributed by atoms with Crippen LogP contribution in [0.3, 0.4) is 0 Å². The maximum atomic E-state index is 10.5. The molecule has 0 rings (SSSR count). The fraction of sp³-hybridized carbons (Fsp3) is 0.429. The van der Waals surface area contributed by atoms with Crippen LogP contribution in [0.5, 0.6) is 0 Å². The molecule has 0 aromatic carbocycles. The molecule has 0 atom stereocenters. The predicted octanol–water partition coefficient (Wildman–Crippen LogP) is -0.844. The van der Waals surface area contributed by atoms with E-state index in [9.17, 15) is 9.59 Å². The van der Waals surface area contributed by atoms with Crippen molar-refractivity contribution in [3.05, 3.63) is 0 Å². The zero-order chi connectivity index (χ0) is 9.56. The van der Waals surface area contributed by atoms with Gasteiger partial charge in [0.1, 0.15) is 0 Å². The number of hydrogen-bond donors (Lipinski definition) is 0. The van der Waals surface area contributed by atoms with E-state index in [1.54, 1.807) is 0 Å². The molecule has 0 saturated carbocycles. The van der Waals surface area contributed by atoms with Crippen molar-refractivity contribution in [1.82, 2.24) is 0 Å². The Kier molecular flexibility index (Phi) is 4.80. The van der Waals surface area contributed by atoms with Crippen molar-refractivity contribution in [3.63, 3.8) is 0 Å². The second-order valence-electron chi connectivity index (χ2n) is 2.06. The highest BCUT2D eigenvalue weighted by Gasteiger charge is 2.13. The topological polar surface area (TPSA) is 52.6 Å². The summed E-state index contributed by atoms with van der Waals surface area (Å²) in [5.41, 5.74) is 2.36. The Labute approximate surface area is 73.1 Å². The molecule has 0 saturated heterocycles. The van der Waals surface area contributed by atoms with Crippen LogP contribution in [-0.2, 0) is 19.1 Å². The first kappa shape index (κ1) is 10.7. The lowest BCUT2D eigenvalue weighted by Gasteiger charge is -2.13. The second-order valence-corrected chi connectivity index (χ2v) is 3.54. The van der Waals surface area contributed by atoms with Crippen LogP contribution in [0.4, 0.5) is 0 Å². The standard InChI is InChI=1S/C7H10O4Si/c1-4-12-7(10-5(2)8)11-6(3)9/h1,7H,12H2,2-3H3. The van der Waals surface area contributed by atoms with Crippen LogP contribution in [0.1, 0.15) is 13.8 Å². The van der Waals surface area contributed by atoms with Crippen molar-refractivity contribution in [2.75, 3.05) is 0 Å². The van der Waals surface area contributed by atoms with E-state index in [4.69, 9.17) is 6.42 Å². The average Bonchev–Trinajstić information content (AvgIpc) is 1.84. The van der Waals surface area contributed by atoms with E-state index in [2.05, 4.69) is 15.0 Å². The Morgan fingerprint density at radius 1 is 1.33 bits per heavy atom. The summed E-state index contributed by atoms with van der Waals surface area (Å²) < 4.78 is 9.28. The van der Waals surface area contributed by atoms with Gasteiger partial charge in [-0.2, -0.15) is 0 Å². The van der Waals surface area contributed by atoms with Gasteiger partial charge in [-0.05, 0) is 0 Å². The minimum absolute atomic E-state index is 0.496. The minimum atomic E-state index is -1.11. The third kappa shape index (κ3) is 5.50. The summed E-state index contributed by atoms with van der Waals surface area (Å²) in [5.74, 6) is -1.81. The lowest BCUT2D eigenvalue weighted by atomic mass is 10.8. The molecule has 0 N–H and O–H groups in total. The zero-order valence-corrected chi connectivity index (χ0v) is 8.41. The number of carbonyl (C=O) groups is 2. The lowest BCUT2D eigenvalue weighted by Crippen LogP contribution is -2.27. The molecule has 0 aliphatic heterocycles. The van der Waals surface area contributed by atoms with Crippen LogP contribution in [-0.4, -0.2) is 27.4 Å². The van der Waals surface area contributed by atoms with Crippen LogP contribution < -0.4 is 0 Å². The molecule has 0 aromatic rings. The molecule has 5 heteroatoms. The van der Waals surface area contributed by atoms with Crippen molar-refractivity contribution in [2.45, 2.75) is 19.8 Å². The maximum Gasteiger partial charge on any atom is 0.305 e. The Morgan fingerprint density at radius 2 is 1.75 bits per heavy atom. The second kappa shape index (κ2) is 5.38. The van der Waals surface area contributed by atoms with Gasteiger partial charge < -0.3 is 9.47 Å². The van der Waals surface area contributed by atoms with E-state index < -0.39 is 27.4 Å². The first-order chi connectivity index (χ1) is 5.56. The Bertz CT molecular complexity index is 202. The molecular formula is C7H10O4Si. The van der Waals surface area contributed by atoms with Crippen molar-refractivity contribution in [2.24, 2.45) is 0 Å².